The lowest BCUT2D eigenvalue weighted by atomic mass is 10.2. The molecule has 1 saturated heterocycles. The zero-order valence-corrected chi connectivity index (χ0v) is 8.49. The summed E-state index contributed by atoms with van der Waals surface area (Å²) in [5.41, 5.74) is 0. The van der Waals surface area contributed by atoms with Crippen LogP contribution in [0.3, 0.4) is 0 Å². The third-order valence-corrected chi connectivity index (χ3v) is 2.42. The first kappa shape index (κ1) is 11.4. The average molecular weight is 224 g/mol. The molecule has 0 aliphatic carbocycles. The fraction of sp³-hybridized carbons (Fsp3) is 0.857. The standard InChI is InChI=1S/C7H12O6S/c1-14(10,11)12-4-5-2-3-6(13-5)7(8)9/h5-6H,2-4H2,1H3,(H,8,9)/t5-,6+/m1/s1. The number of carboxylic acids is 1. The Bertz CT molecular complexity index is 308. The summed E-state index contributed by atoms with van der Waals surface area (Å²) in [6.45, 7) is -0.109. The molecule has 7 heteroatoms. The summed E-state index contributed by atoms with van der Waals surface area (Å²) < 4.78 is 30.7. The molecule has 0 aromatic rings. The van der Waals surface area contributed by atoms with Gasteiger partial charge in [-0.25, -0.2) is 4.79 Å². The number of hydrogen-bond acceptors (Lipinski definition) is 5. The molecule has 1 rings (SSSR count). The van der Waals surface area contributed by atoms with E-state index in [1.165, 1.54) is 0 Å². The van der Waals surface area contributed by atoms with E-state index in [1.807, 2.05) is 0 Å². The summed E-state index contributed by atoms with van der Waals surface area (Å²) in [4.78, 5) is 10.5. The van der Waals surface area contributed by atoms with E-state index in [4.69, 9.17) is 9.84 Å². The largest absolute Gasteiger partial charge is 0.479 e. The Hall–Kier alpha value is -0.660. The van der Waals surface area contributed by atoms with Crippen LogP contribution in [0.2, 0.25) is 0 Å². The highest BCUT2D eigenvalue weighted by atomic mass is 32.2. The molecule has 0 amide bonds. The van der Waals surface area contributed by atoms with Gasteiger partial charge in [-0.15, -0.1) is 0 Å². The molecule has 1 aliphatic heterocycles. The van der Waals surface area contributed by atoms with Crippen molar-refractivity contribution in [2.45, 2.75) is 25.0 Å². The van der Waals surface area contributed by atoms with Crippen molar-refractivity contribution in [2.24, 2.45) is 0 Å². The first-order chi connectivity index (χ1) is 6.38. The highest BCUT2D eigenvalue weighted by molar-refractivity contribution is 7.85. The Morgan fingerprint density at radius 1 is 1.57 bits per heavy atom. The van der Waals surface area contributed by atoms with Crippen LogP contribution in [0.4, 0.5) is 0 Å². The van der Waals surface area contributed by atoms with E-state index < -0.39 is 28.3 Å². The van der Waals surface area contributed by atoms with Crippen LogP contribution in [0.15, 0.2) is 0 Å². The zero-order valence-electron chi connectivity index (χ0n) is 7.67. The van der Waals surface area contributed by atoms with Gasteiger partial charge in [-0.3, -0.25) is 4.18 Å². The van der Waals surface area contributed by atoms with E-state index in [0.717, 1.165) is 6.26 Å². The Morgan fingerprint density at radius 2 is 2.21 bits per heavy atom. The van der Waals surface area contributed by atoms with Gasteiger partial charge in [0.15, 0.2) is 6.10 Å². The molecular formula is C7H12O6S. The lowest BCUT2D eigenvalue weighted by Gasteiger charge is -2.09. The van der Waals surface area contributed by atoms with Gasteiger partial charge in [0.2, 0.25) is 0 Å². The van der Waals surface area contributed by atoms with E-state index in [0.29, 0.717) is 12.8 Å². The maximum absolute atomic E-state index is 10.6. The molecule has 1 heterocycles. The number of ether oxygens (including phenoxy) is 1. The molecule has 0 bridgehead atoms. The summed E-state index contributed by atoms with van der Waals surface area (Å²) in [6, 6.07) is 0. The smallest absolute Gasteiger partial charge is 0.332 e. The van der Waals surface area contributed by atoms with Gasteiger partial charge in [-0.05, 0) is 12.8 Å². The van der Waals surface area contributed by atoms with E-state index in [9.17, 15) is 13.2 Å². The molecule has 0 spiro atoms. The normalized spacial score (nSPS) is 27.8. The highest BCUT2D eigenvalue weighted by Crippen LogP contribution is 2.20. The van der Waals surface area contributed by atoms with Crippen LogP contribution in [-0.2, 0) is 23.8 Å². The summed E-state index contributed by atoms with van der Waals surface area (Å²) in [6.07, 6.45) is 0.574. The second kappa shape index (κ2) is 4.24. The maximum atomic E-state index is 10.6. The number of carbonyl (C=O) groups is 1. The van der Waals surface area contributed by atoms with Gasteiger partial charge in [0.1, 0.15) is 0 Å². The minimum atomic E-state index is -3.48. The first-order valence-electron chi connectivity index (χ1n) is 4.11. The highest BCUT2D eigenvalue weighted by Gasteiger charge is 2.31. The Balaban J connectivity index is 2.33. The molecule has 0 unspecified atom stereocenters. The van der Waals surface area contributed by atoms with E-state index in [1.54, 1.807) is 0 Å². The number of rotatable bonds is 4. The molecule has 0 aromatic carbocycles. The molecule has 82 valence electrons. The monoisotopic (exact) mass is 224 g/mol. The molecule has 0 radical (unpaired) electrons. The minimum Gasteiger partial charge on any atom is -0.479 e. The van der Waals surface area contributed by atoms with Gasteiger partial charge in [-0.1, -0.05) is 0 Å². The Morgan fingerprint density at radius 3 is 2.64 bits per heavy atom. The van der Waals surface area contributed by atoms with Crippen LogP contribution in [0.5, 0.6) is 0 Å². The summed E-state index contributed by atoms with van der Waals surface area (Å²) in [5, 5.41) is 8.58. The van der Waals surface area contributed by atoms with Gasteiger partial charge >= 0.3 is 5.97 Å². The maximum Gasteiger partial charge on any atom is 0.332 e. The van der Waals surface area contributed by atoms with Crippen LogP contribution in [-0.4, -0.2) is 44.6 Å². The summed E-state index contributed by atoms with van der Waals surface area (Å²) >= 11 is 0. The second-order valence-electron chi connectivity index (χ2n) is 3.15. The lowest BCUT2D eigenvalue weighted by Crippen LogP contribution is -2.23. The van der Waals surface area contributed by atoms with Gasteiger partial charge in [0.05, 0.1) is 19.0 Å². The molecule has 14 heavy (non-hydrogen) atoms. The number of hydrogen-bond donors (Lipinski definition) is 1. The quantitative estimate of drug-likeness (QED) is 0.653. The third-order valence-electron chi connectivity index (χ3n) is 1.85. The van der Waals surface area contributed by atoms with Crippen LogP contribution in [0.25, 0.3) is 0 Å². The predicted octanol–water partition coefficient (Wildman–Crippen LogP) is -0.405. The summed E-state index contributed by atoms with van der Waals surface area (Å²) in [5.74, 6) is -1.02. The van der Waals surface area contributed by atoms with Crippen LogP contribution >= 0.6 is 0 Å². The topological polar surface area (TPSA) is 89.9 Å². The van der Waals surface area contributed by atoms with Gasteiger partial charge in [0, 0.05) is 0 Å². The van der Waals surface area contributed by atoms with Gasteiger partial charge in [0.25, 0.3) is 10.1 Å². The molecule has 0 saturated carbocycles. The average Bonchev–Trinajstić information content (AvgIpc) is 2.47. The molecule has 2 atom stereocenters. The van der Waals surface area contributed by atoms with E-state index in [-0.39, 0.29) is 6.61 Å². The Labute approximate surface area is 81.9 Å². The first-order valence-corrected chi connectivity index (χ1v) is 5.93. The predicted molar refractivity (Wildman–Crippen MR) is 46.3 cm³/mol. The van der Waals surface area contributed by atoms with Crippen molar-refractivity contribution >= 4 is 16.1 Å². The molecule has 1 fully saturated rings. The lowest BCUT2D eigenvalue weighted by molar-refractivity contribution is -0.149. The SMILES string of the molecule is CS(=O)(=O)OC[C@H]1CC[C@@H](C(=O)O)O1. The van der Waals surface area contributed by atoms with Crippen molar-refractivity contribution in [1.29, 1.82) is 0 Å². The minimum absolute atomic E-state index is 0.109. The molecular weight excluding hydrogens is 212 g/mol. The van der Waals surface area contributed by atoms with Gasteiger partial charge < -0.3 is 9.84 Å². The molecule has 1 N–H and O–H groups in total. The Kier molecular flexibility index (Phi) is 3.46. The summed E-state index contributed by atoms with van der Waals surface area (Å²) in [7, 11) is -3.48. The fourth-order valence-electron chi connectivity index (χ4n) is 1.21. The van der Waals surface area contributed by atoms with Crippen molar-refractivity contribution in [2.75, 3.05) is 12.9 Å². The van der Waals surface area contributed by atoms with Crippen molar-refractivity contribution in [3.05, 3.63) is 0 Å². The third kappa shape index (κ3) is 3.60. The zero-order chi connectivity index (χ0) is 10.8. The fourth-order valence-corrected chi connectivity index (χ4v) is 1.61. The van der Waals surface area contributed by atoms with Crippen LogP contribution in [0.1, 0.15) is 12.8 Å². The molecule has 0 aromatic heterocycles. The second-order valence-corrected chi connectivity index (χ2v) is 4.79. The van der Waals surface area contributed by atoms with E-state index >= 15 is 0 Å². The van der Waals surface area contributed by atoms with Gasteiger partial charge in [-0.2, -0.15) is 8.42 Å². The van der Waals surface area contributed by atoms with Crippen molar-refractivity contribution in [1.82, 2.24) is 0 Å². The van der Waals surface area contributed by atoms with Crippen LogP contribution in [0, 0.1) is 0 Å². The molecule has 1 aliphatic rings. The van der Waals surface area contributed by atoms with Crippen molar-refractivity contribution in [3.8, 4) is 0 Å². The van der Waals surface area contributed by atoms with E-state index in [2.05, 4.69) is 4.18 Å². The number of aliphatic carboxylic acids is 1. The number of carboxylic acid groups (broad SMARTS) is 1. The van der Waals surface area contributed by atoms with Crippen molar-refractivity contribution in [3.63, 3.8) is 0 Å². The van der Waals surface area contributed by atoms with Crippen LogP contribution < -0.4 is 0 Å². The van der Waals surface area contributed by atoms with Crippen molar-refractivity contribution < 1.29 is 27.2 Å². The molecule has 6 nitrogen and oxygen atoms in total.